The SMILES string of the molecule is CCCC(C)(C)/C=C\C(=O)CC. The van der Waals surface area contributed by atoms with Crippen molar-refractivity contribution in [3.05, 3.63) is 12.2 Å². The van der Waals surface area contributed by atoms with Crippen LogP contribution in [0.25, 0.3) is 0 Å². The van der Waals surface area contributed by atoms with Crippen LogP contribution in [0.5, 0.6) is 0 Å². The molecule has 70 valence electrons. The molecule has 0 aromatic heterocycles. The minimum absolute atomic E-state index is 0.180. The molecule has 0 aliphatic heterocycles. The standard InChI is InChI=1S/C11H20O/c1-5-8-11(3,4)9-7-10(12)6-2/h7,9H,5-6,8H2,1-4H3/b9-7-. The maximum atomic E-state index is 11.0. The largest absolute Gasteiger partial charge is 0.295 e. The summed E-state index contributed by atoms with van der Waals surface area (Å²) in [6.45, 7) is 8.38. The fourth-order valence-electron chi connectivity index (χ4n) is 1.16. The van der Waals surface area contributed by atoms with Crippen LogP contribution in [-0.2, 0) is 4.79 Å². The van der Waals surface area contributed by atoms with Crippen LogP contribution in [-0.4, -0.2) is 5.78 Å². The van der Waals surface area contributed by atoms with E-state index in [-0.39, 0.29) is 11.2 Å². The highest BCUT2D eigenvalue weighted by molar-refractivity contribution is 5.89. The molecule has 1 heteroatoms. The Bertz CT molecular complexity index is 166. The number of carbonyl (C=O) groups is 1. The minimum Gasteiger partial charge on any atom is -0.295 e. The van der Waals surface area contributed by atoms with Crippen molar-refractivity contribution in [1.29, 1.82) is 0 Å². The van der Waals surface area contributed by atoms with Crippen LogP contribution in [0.15, 0.2) is 12.2 Å². The first-order chi connectivity index (χ1) is 5.52. The molecule has 0 atom stereocenters. The Balaban J connectivity index is 4.03. The highest BCUT2D eigenvalue weighted by atomic mass is 16.1. The maximum Gasteiger partial charge on any atom is 0.155 e. The fraction of sp³-hybridized carbons (Fsp3) is 0.727. The van der Waals surface area contributed by atoms with Gasteiger partial charge in [-0.25, -0.2) is 0 Å². The van der Waals surface area contributed by atoms with Crippen LogP contribution in [0.1, 0.15) is 47.0 Å². The second kappa shape index (κ2) is 5.13. The zero-order valence-electron chi connectivity index (χ0n) is 8.68. The van der Waals surface area contributed by atoms with Gasteiger partial charge >= 0.3 is 0 Å². The normalized spacial score (nSPS) is 12.3. The smallest absolute Gasteiger partial charge is 0.155 e. The van der Waals surface area contributed by atoms with Crippen LogP contribution in [0.3, 0.4) is 0 Å². The van der Waals surface area contributed by atoms with E-state index in [0.717, 1.165) is 12.8 Å². The van der Waals surface area contributed by atoms with Crippen LogP contribution in [0.2, 0.25) is 0 Å². The van der Waals surface area contributed by atoms with Gasteiger partial charge in [-0.1, -0.05) is 40.2 Å². The van der Waals surface area contributed by atoms with E-state index < -0.39 is 0 Å². The van der Waals surface area contributed by atoms with E-state index in [9.17, 15) is 4.79 Å². The Morgan fingerprint density at radius 1 is 1.33 bits per heavy atom. The van der Waals surface area contributed by atoms with Gasteiger partial charge in [0.25, 0.3) is 0 Å². The molecule has 0 amide bonds. The lowest BCUT2D eigenvalue weighted by Gasteiger charge is -2.18. The van der Waals surface area contributed by atoms with E-state index in [1.165, 1.54) is 0 Å². The van der Waals surface area contributed by atoms with Gasteiger partial charge in [0.1, 0.15) is 0 Å². The highest BCUT2D eigenvalue weighted by Gasteiger charge is 2.11. The molecule has 0 heterocycles. The van der Waals surface area contributed by atoms with E-state index in [1.54, 1.807) is 6.08 Å². The third kappa shape index (κ3) is 5.11. The topological polar surface area (TPSA) is 17.1 Å². The Kier molecular flexibility index (Phi) is 4.87. The van der Waals surface area contributed by atoms with Gasteiger partial charge < -0.3 is 0 Å². The Labute approximate surface area is 75.9 Å². The van der Waals surface area contributed by atoms with Crippen molar-refractivity contribution in [2.75, 3.05) is 0 Å². The van der Waals surface area contributed by atoms with Crippen LogP contribution < -0.4 is 0 Å². The molecule has 0 aliphatic carbocycles. The zero-order chi connectivity index (χ0) is 9.61. The lowest BCUT2D eigenvalue weighted by Crippen LogP contribution is -2.07. The molecular weight excluding hydrogens is 148 g/mol. The summed E-state index contributed by atoms with van der Waals surface area (Å²) in [7, 11) is 0. The van der Waals surface area contributed by atoms with Crippen LogP contribution in [0, 0.1) is 5.41 Å². The molecule has 0 rings (SSSR count). The molecular formula is C11H20O. The summed E-state index contributed by atoms with van der Waals surface area (Å²) in [5.41, 5.74) is 0.180. The summed E-state index contributed by atoms with van der Waals surface area (Å²) in [6.07, 6.45) is 6.66. The lowest BCUT2D eigenvalue weighted by atomic mass is 9.87. The molecule has 0 aromatic carbocycles. The highest BCUT2D eigenvalue weighted by Crippen LogP contribution is 2.23. The summed E-state index contributed by atoms with van der Waals surface area (Å²) in [5, 5.41) is 0. The molecule has 12 heavy (non-hydrogen) atoms. The van der Waals surface area contributed by atoms with Gasteiger partial charge in [0.05, 0.1) is 0 Å². The summed E-state index contributed by atoms with van der Waals surface area (Å²) >= 11 is 0. The molecule has 0 aliphatic rings. The summed E-state index contributed by atoms with van der Waals surface area (Å²) < 4.78 is 0. The molecule has 0 aromatic rings. The molecule has 0 bridgehead atoms. The van der Waals surface area contributed by atoms with Crippen molar-refractivity contribution >= 4 is 5.78 Å². The Morgan fingerprint density at radius 3 is 2.33 bits per heavy atom. The lowest BCUT2D eigenvalue weighted by molar-refractivity contribution is -0.114. The van der Waals surface area contributed by atoms with Crippen molar-refractivity contribution in [1.82, 2.24) is 0 Å². The molecule has 0 saturated heterocycles. The Hall–Kier alpha value is -0.590. The predicted octanol–water partition coefficient (Wildman–Crippen LogP) is 3.35. The second-order valence-electron chi connectivity index (χ2n) is 3.89. The van der Waals surface area contributed by atoms with Gasteiger partial charge in [-0.3, -0.25) is 4.79 Å². The van der Waals surface area contributed by atoms with Gasteiger partial charge in [0, 0.05) is 6.42 Å². The first kappa shape index (κ1) is 11.4. The third-order valence-electron chi connectivity index (χ3n) is 1.96. The predicted molar refractivity (Wildman–Crippen MR) is 53.1 cm³/mol. The van der Waals surface area contributed by atoms with E-state index >= 15 is 0 Å². The molecule has 0 radical (unpaired) electrons. The zero-order valence-corrected chi connectivity index (χ0v) is 8.68. The van der Waals surface area contributed by atoms with Gasteiger partial charge in [0.2, 0.25) is 0 Å². The molecule has 0 spiro atoms. The quantitative estimate of drug-likeness (QED) is 0.575. The summed E-state index contributed by atoms with van der Waals surface area (Å²) in [4.78, 5) is 11.0. The minimum atomic E-state index is 0.180. The molecule has 0 unspecified atom stereocenters. The molecule has 1 nitrogen and oxygen atoms in total. The van der Waals surface area contributed by atoms with E-state index in [4.69, 9.17) is 0 Å². The van der Waals surface area contributed by atoms with Crippen molar-refractivity contribution in [3.8, 4) is 0 Å². The van der Waals surface area contributed by atoms with Gasteiger partial charge in [-0.2, -0.15) is 0 Å². The van der Waals surface area contributed by atoms with Crippen molar-refractivity contribution < 1.29 is 4.79 Å². The third-order valence-corrected chi connectivity index (χ3v) is 1.96. The number of hydrogen-bond donors (Lipinski definition) is 0. The monoisotopic (exact) mass is 168 g/mol. The summed E-state index contributed by atoms with van der Waals surface area (Å²) in [6, 6.07) is 0. The number of allylic oxidation sites excluding steroid dienone is 2. The van der Waals surface area contributed by atoms with Gasteiger partial charge in [-0.05, 0) is 17.9 Å². The number of hydrogen-bond acceptors (Lipinski definition) is 1. The number of ketones is 1. The van der Waals surface area contributed by atoms with E-state index in [1.807, 2.05) is 13.0 Å². The molecule has 0 saturated carbocycles. The first-order valence-corrected chi connectivity index (χ1v) is 4.74. The van der Waals surface area contributed by atoms with E-state index in [2.05, 4.69) is 20.8 Å². The van der Waals surface area contributed by atoms with Crippen molar-refractivity contribution in [2.45, 2.75) is 47.0 Å². The fourth-order valence-corrected chi connectivity index (χ4v) is 1.16. The van der Waals surface area contributed by atoms with Crippen molar-refractivity contribution in [2.24, 2.45) is 5.41 Å². The Morgan fingerprint density at radius 2 is 1.92 bits per heavy atom. The number of rotatable bonds is 5. The van der Waals surface area contributed by atoms with E-state index in [0.29, 0.717) is 6.42 Å². The van der Waals surface area contributed by atoms with Crippen LogP contribution in [0.4, 0.5) is 0 Å². The van der Waals surface area contributed by atoms with Crippen LogP contribution >= 0.6 is 0 Å². The first-order valence-electron chi connectivity index (χ1n) is 4.74. The number of carbonyl (C=O) groups excluding carboxylic acids is 1. The van der Waals surface area contributed by atoms with Crippen molar-refractivity contribution in [3.63, 3.8) is 0 Å². The molecule has 0 N–H and O–H groups in total. The second-order valence-corrected chi connectivity index (χ2v) is 3.89. The van der Waals surface area contributed by atoms with Gasteiger partial charge in [0.15, 0.2) is 5.78 Å². The average molecular weight is 168 g/mol. The summed E-state index contributed by atoms with van der Waals surface area (Å²) in [5.74, 6) is 0.221. The molecule has 0 fully saturated rings. The van der Waals surface area contributed by atoms with Gasteiger partial charge in [-0.15, -0.1) is 0 Å². The average Bonchev–Trinajstić information content (AvgIpc) is 2.00. The maximum absolute atomic E-state index is 11.0.